The lowest BCUT2D eigenvalue weighted by Crippen LogP contribution is -2.44. The zero-order valence-electron chi connectivity index (χ0n) is 61.5. The minimum Gasteiger partial charge on any atom is -0.393 e. The lowest BCUT2D eigenvalue weighted by atomic mass is 9.94. The third-order valence-corrected chi connectivity index (χ3v) is 22.6. The summed E-state index contributed by atoms with van der Waals surface area (Å²) in [5, 5.41) is 120. The van der Waals surface area contributed by atoms with Gasteiger partial charge in [0, 0.05) is 55.4 Å². The third-order valence-electron chi connectivity index (χ3n) is 19.8. The number of carbonyl (C=O) groups excluding carboxylic acids is 3. The number of aliphatic hydroxyl groups is 12. The number of aliphatic hydroxyl groups excluding tert-OH is 12. The molecule has 12 rings (SSSR count). The molecule has 114 heavy (non-hydrogen) atoms. The lowest BCUT2D eigenvalue weighted by Gasteiger charge is -2.33. The van der Waals surface area contributed by atoms with Crippen molar-refractivity contribution in [2.75, 3.05) is 39.6 Å². The molecule has 12 heterocycles. The predicted octanol–water partition coefficient (Wildman–Crippen LogP) is -2.07. The molecule has 624 valence electrons. The van der Waals surface area contributed by atoms with Crippen LogP contribution in [0.3, 0.4) is 0 Å². The summed E-state index contributed by atoms with van der Waals surface area (Å²) >= 11 is 37.0. The van der Waals surface area contributed by atoms with Crippen LogP contribution in [0, 0.1) is 24.7 Å². The second kappa shape index (κ2) is 38.5. The summed E-state index contributed by atoms with van der Waals surface area (Å²) < 4.78 is 33.9. The summed E-state index contributed by atoms with van der Waals surface area (Å²) in [5.41, 5.74) is 8.79. The van der Waals surface area contributed by atoms with Crippen molar-refractivity contribution in [3.63, 3.8) is 0 Å². The summed E-state index contributed by atoms with van der Waals surface area (Å²) in [5.74, 6) is 6.44. The number of hydrogen-bond donors (Lipinski definition) is 18. The van der Waals surface area contributed by atoms with Gasteiger partial charge in [-0.15, -0.1) is 95.6 Å². The fourth-order valence-corrected chi connectivity index (χ4v) is 15.1. The number of nitrogens with zero attached hydrogens (tertiary/aromatic N) is 9. The summed E-state index contributed by atoms with van der Waals surface area (Å²) in [6.45, 7) is 30.4. The van der Waals surface area contributed by atoms with Crippen LogP contribution in [0.25, 0.3) is 0 Å². The van der Waals surface area contributed by atoms with E-state index < -0.39 is 166 Å². The third kappa shape index (κ3) is 18.6. The van der Waals surface area contributed by atoms with Crippen molar-refractivity contribution in [3.8, 4) is 24.7 Å². The first-order valence-corrected chi connectivity index (χ1v) is 37.1. The van der Waals surface area contributed by atoms with Crippen LogP contribution in [0.1, 0.15) is 26.7 Å². The predicted molar refractivity (Wildman–Crippen MR) is 421 cm³/mol. The van der Waals surface area contributed by atoms with Gasteiger partial charge in [-0.25, -0.2) is 15.0 Å². The maximum atomic E-state index is 11.2. The van der Waals surface area contributed by atoms with Gasteiger partial charge in [0.2, 0.25) is 0 Å². The Morgan fingerprint density at radius 2 is 0.658 bits per heavy atom. The molecule has 0 bridgehead atoms. The zero-order chi connectivity index (χ0) is 85.2. The number of nitrogens with two attached hydrogens (primary N) is 3. The molecule has 0 saturated carbocycles. The Hall–Kier alpha value is -7.88. The fourth-order valence-electron chi connectivity index (χ4n) is 12.7. The van der Waals surface area contributed by atoms with E-state index in [2.05, 4.69) is 95.4 Å². The number of alkyl halides is 6. The maximum absolute atomic E-state index is 11.2. The highest BCUT2D eigenvalue weighted by Gasteiger charge is 2.60. The van der Waals surface area contributed by atoms with Gasteiger partial charge >= 0.3 is 0 Å². The molecule has 12 aliphatic rings. The molecule has 0 radical (unpaired) electrons. The number of halogens is 6. The highest BCUT2D eigenvalue weighted by atomic mass is 35.5. The lowest BCUT2D eigenvalue weighted by molar-refractivity contribution is -0.137. The van der Waals surface area contributed by atoms with Gasteiger partial charge in [0.15, 0.2) is 48.6 Å². The van der Waals surface area contributed by atoms with Crippen LogP contribution < -0.4 is 33.2 Å². The summed E-state index contributed by atoms with van der Waals surface area (Å²) in [6.07, 6.45) is 20.9. The Morgan fingerprint density at radius 3 is 0.877 bits per heavy atom. The molecule has 0 unspecified atom stereocenters. The minimum atomic E-state index is -1.56. The van der Waals surface area contributed by atoms with Crippen LogP contribution in [-0.2, 0) is 42.8 Å². The Morgan fingerprint density at radius 1 is 0.412 bits per heavy atom. The maximum Gasteiger partial charge on any atom is 0.250 e. The fraction of sp³-hybridized carbons (Fsp3) is 0.472. The van der Waals surface area contributed by atoms with Crippen molar-refractivity contribution in [1.29, 1.82) is 0 Å². The van der Waals surface area contributed by atoms with E-state index in [1.807, 2.05) is 6.92 Å². The van der Waals surface area contributed by atoms with Crippen molar-refractivity contribution in [2.24, 2.45) is 32.2 Å². The van der Waals surface area contributed by atoms with Gasteiger partial charge in [-0.1, -0.05) is 77.3 Å². The normalized spacial score (nSPS) is 38.5. The van der Waals surface area contributed by atoms with E-state index in [1.54, 1.807) is 53.6 Å². The van der Waals surface area contributed by atoms with E-state index in [9.17, 15) is 75.7 Å². The van der Waals surface area contributed by atoms with Crippen molar-refractivity contribution < 1.29 is 104 Å². The topological polar surface area (TPSA) is 520 Å². The average molecular weight is 1720 g/mol. The Bertz CT molecular complexity index is 4050. The van der Waals surface area contributed by atoms with Gasteiger partial charge < -0.3 is 152 Å². The molecule has 0 aliphatic carbocycles. The first kappa shape index (κ1) is 93.3. The summed E-state index contributed by atoms with van der Waals surface area (Å²) in [4.78, 5) is 54.6. The molecular weight excluding hydrogens is 1620 g/mol. The first-order chi connectivity index (χ1) is 53.7. The van der Waals surface area contributed by atoms with Gasteiger partial charge in [-0.2, -0.15) is 0 Å². The molecule has 36 nitrogen and oxygen atoms in total. The average Bonchev–Trinajstić information content (AvgIpc) is 1.66. The van der Waals surface area contributed by atoms with Crippen LogP contribution in [-0.4, -0.2) is 305 Å². The van der Waals surface area contributed by atoms with Crippen LogP contribution in [0.5, 0.6) is 0 Å². The number of amides is 3. The molecule has 24 atom stereocenters. The standard InChI is InChI=1S/C12H18ClN3O3.C12H16ClN3O3.C12H14ClN3O3.C12H17ClN2O4.C12H15ClN2O4.C12H13ClN2O4/c3*1-3-12(6-17)10(18)9(13)11(19-12)16-5-4-8(14)15-7(16)2;3*1-3-12(6-16)10(18)9(13)11(19-12)15-5-4-8(17)14-7(15)2/h4-5,9-11,17-18H,2-3,6H2,1H3,(H2,14,15);3-5,9-11,17-18H,1-2,6H2,(H2,14,15);1,4-5,9-11,17-18H,2,6H2,(H2,14,15);4-5,9-11,16,18H,2-3,6H2,1H3,(H,14,17);3-5,9-11,16,18H,1-2,6H2,(H,14,17);1,4-5,9-11,16,18H,2,6H2,(H,14,17)/t6*9-,10+,11-,12-/m111111/s1. The van der Waals surface area contributed by atoms with Gasteiger partial charge in [-0.3, -0.25) is 14.4 Å². The van der Waals surface area contributed by atoms with Crippen LogP contribution >= 0.6 is 69.6 Å². The molecule has 6 saturated heterocycles. The highest BCUT2D eigenvalue weighted by molar-refractivity contribution is 6.23. The quantitative estimate of drug-likeness (QED) is 0.0449. The van der Waals surface area contributed by atoms with E-state index in [0.717, 1.165) is 0 Å². The second-order valence-electron chi connectivity index (χ2n) is 26.6. The van der Waals surface area contributed by atoms with Crippen molar-refractivity contribution in [2.45, 2.75) is 167 Å². The van der Waals surface area contributed by atoms with Crippen molar-refractivity contribution >= 4 is 105 Å². The van der Waals surface area contributed by atoms with Gasteiger partial charge in [-0.05, 0) is 31.1 Å². The number of carbonyl (C=O) groups is 3. The van der Waals surface area contributed by atoms with E-state index in [0.29, 0.717) is 53.6 Å². The Balaban J connectivity index is 0.000000189. The number of terminal acetylenes is 2. The summed E-state index contributed by atoms with van der Waals surface area (Å²) in [6, 6.07) is 0. The Labute approximate surface area is 686 Å². The first-order valence-electron chi connectivity index (χ1n) is 34.5. The number of rotatable bonds is 16. The largest absolute Gasteiger partial charge is 0.393 e. The number of amidine groups is 3. The van der Waals surface area contributed by atoms with Gasteiger partial charge in [0.05, 0.1) is 39.6 Å². The SMILES string of the molecule is C#C[C@]1(CO)O[C@@H](N2C=CC(=O)NC2=C)[C@H](Cl)[C@@H]1O.C#C[C@]1(CO)O[C@@H](N2C=CC(N)=NC2=C)[C@H](Cl)[C@@H]1O.C=C1N=C(N)C=CN1[C@@H]1O[C@](CC)(CO)[C@@H](O)[C@H]1Cl.C=C1NC(=O)C=CN1[C@@H]1O[C@](CC)(CO)[C@@H](O)[C@H]1Cl.C=C[C@]1(CO)O[C@@H](N2C=CC(=O)NC2=C)[C@H](Cl)[C@@H]1O.C=C[C@]1(CO)O[C@@H](N2C=CC(N)=NC2=C)[C@H](Cl)[C@@H]1O. The van der Waals surface area contributed by atoms with Gasteiger partial charge in [0.25, 0.3) is 17.7 Å². The molecule has 42 heteroatoms. The summed E-state index contributed by atoms with van der Waals surface area (Å²) in [7, 11) is 0. The van der Waals surface area contributed by atoms with E-state index >= 15 is 0 Å². The molecule has 21 N–H and O–H groups in total. The number of nitrogens with one attached hydrogen (secondary N) is 3. The molecular formula is C72H93Cl6N15O21. The number of aliphatic imine (C=N–C) groups is 3. The van der Waals surface area contributed by atoms with Crippen LogP contribution in [0.2, 0.25) is 0 Å². The molecule has 6 fully saturated rings. The molecule has 0 aromatic carbocycles. The molecule has 0 aromatic rings. The molecule has 12 aliphatic heterocycles. The van der Waals surface area contributed by atoms with Crippen LogP contribution in [0.15, 0.2) is 188 Å². The van der Waals surface area contributed by atoms with E-state index in [1.165, 1.54) is 68.6 Å². The Kier molecular flexibility index (Phi) is 31.5. The number of ether oxygens (including phenoxy) is 6. The smallest absolute Gasteiger partial charge is 0.250 e. The molecule has 0 spiro atoms. The minimum absolute atomic E-state index is 0.251. The monoisotopic (exact) mass is 1710 g/mol. The van der Waals surface area contributed by atoms with Crippen molar-refractivity contribution in [3.05, 3.63) is 173 Å². The molecule has 3 amide bonds. The molecule has 0 aromatic heterocycles. The van der Waals surface area contributed by atoms with Crippen molar-refractivity contribution in [1.82, 2.24) is 45.3 Å². The highest BCUT2D eigenvalue weighted by Crippen LogP contribution is 2.45. The van der Waals surface area contributed by atoms with Crippen LogP contribution in [0.4, 0.5) is 0 Å². The zero-order valence-corrected chi connectivity index (χ0v) is 66.0. The number of hydrogen-bond acceptors (Lipinski definition) is 33. The second-order valence-corrected chi connectivity index (χ2v) is 29.6. The van der Waals surface area contributed by atoms with E-state index in [-0.39, 0.29) is 42.6 Å². The van der Waals surface area contributed by atoms with E-state index in [4.69, 9.17) is 128 Å². The van der Waals surface area contributed by atoms with Gasteiger partial charge in [0.1, 0.15) is 144 Å².